The first kappa shape index (κ1) is 15.9. The van der Waals surface area contributed by atoms with Crippen LogP contribution in [-0.4, -0.2) is 38.5 Å². The van der Waals surface area contributed by atoms with Crippen LogP contribution >= 0.6 is 0 Å². The van der Waals surface area contributed by atoms with E-state index >= 15 is 0 Å². The molecule has 0 bridgehead atoms. The van der Waals surface area contributed by atoms with E-state index in [1.165, 1.54) is 42.8 Å². The Hall–Kier alpha value is -1.47. The van der Waals surface area contributed by atoms with Gasteiger partial charge in [-0.05, 0) is 18.8 Å². The number of hydrogen-bond donors (Lipinski definition) is 2. The Morgan fingerprint density at radius 2 is 2.43 bits per heavy atom. The molecule has 118 valence electrons. The van der Waals surface area contributed by atoms with Gasteiger partial charge in [0.05, 0.1) is 17.6 Å². The third kappa shape index (κ3) is 4.78. The summed E-state index contributed by atoms with van der Waals surface area (Å²) in [5.74, 6) is 0.794. The fourth-order valence-corrected chi connectivity index (χ4v) is 2.98. The van der Waals surface area contributed by atoms with Crippen LogP contribution in [-0.2, 0) is 6.54 Å². The SMILES string of the molecule is CCC1CCCC(NCC(O)Cn2cc([N+](=O)[O-])cn2)C1. The minimum atomic E-state index is -0.591. The van der Waals surface area contributed by atoms with Gasteiger partial charge in [-0.15, -0.1) is 0 Å². The molecule has 1 aromatic rings. The van der Waals surface area contributed by atoms with Crippen LogP contribution in [0.4, 0.5) is 5.69 Å². The van der Waals surface area contributed by atoms with Gasteiger partial charge >= 0.3 is 5.69 Å². The second-order valence-electron chi connectivity index (χ2n) is 5.88. The van der Waals surface area contributed by atoms with E-state index in [1.54, 1.807) is 0 Å². The van der Waals surface area contributed by atoms with Crippen LogP contribution in [0.2, 0.25) is 0 Å². The van der Waals surface area contributed by atoms with E-state index in [0.29, 0.717) is 12.6 Å². The average molecular weight is 296 g/mol. The highest BCUT2D eigenvalue weighted by Crippen LogP contribution is 2.26. The maximum absolute atomic E-state index is 10.6. The summed E-state index contributed by atoms with van der Waals surface area (Å²) in [6.45, 7) is 2.99. The molecule has 1 aliphatic rings. The van der Waals surface area contributed by atoms with Crippen LogP contribution in [0.1, 0.15) is 39.0 Å². The molecule has 1 aliphatic carbocycles. The Morgan fingerprint density at radius 1 is 1.62 bits per heavy atom. The molecule has 1 aromatic heterocycles. The fourth-order valence-electron chi connectivity index (χ4n) is 2.98. The summed E-state index contributed by atoms with van der Waals surface area (Å²) in [7, 11) is 0. The molecule has 2 rings (SSSR count). The number of aromatic nitrogens is 2. The van der Waals surface area contributed by atoms with E-state index in [4.69, 9.17) is 0 Å². The van der Waals surface area contributed by atoms with Gasteiger partial charge in [-0.2, -0.15) is 5.10 Å². The van der Waals surface area contributed by atoms with Crippen molar-refractivity contribution in [3.63, 3.8) is 0 Å². The number of nitrogens with one attached hydrogen (secondary N) is 1. The van der Waals surface area contributed by atoms with Crippen molar-refractivity contribution in [1.82, 2.24) is 15.1 Å². The van der Waals surface area contributed by atoms with Gasteiger partial charge < -0.3 is 10.4 Å². The first-order valence-electron chi connectivity index (χ1n) is 7.66. The predicted molar refractivity (Wildman–Crippen MR) is 78.9 cm³/mol. The van der Waals surface area contributed by atoms with Crippen molar-refractivity contribution < 1.29 is 10.0 Å². The van der Waals surface area contributed by atoms with E-state index in [0.717, 1.165) is 12.3 Å². The lowest BCUT2D eigenvalue weighted by Crippen LogP contribution is -2.40. The molecule has 0 saturated heterocycles. The summed E-state index contributed by atoms with van der Waals surface area (Å²) in [5.41, 5.74) is -0.0479. The lowest BCUT2D eigenvalue weighted by molar-refractivity contribution is -0.385. The second kappa shape index (κ2) is 7.51. The molecule has 3 atom stereocenters. The summed E-state index contributed by atoms with van der Waals surface area (Å²) in [6, 6.07) is 0.477. The molecule has 7 nitrogen and oxygen atoms in total. The lowest BCUT2D eigenvalue weighted by atomic mass is 9.84. The van der Waals surface area contributed by atoms with Crippen LogP contribution in [0.25, 0.3) is 0 Å². The molecule has 0 amide bonds. The molecule has 0 spiro atoms. The minimum Gasteiger partial charge on any atom is -0.390 e. The molecule has 0 aromatic carbocycles. The van der Waals surface area contributed by atoms with Gasteiger partial charge in [0, 0.05) is 12.6 Å². The van der Waals surface area contributed by atoms with E-state index in [2.05, 4.69) is 17.3 Å². The smallest absolute Gasteiger partial charge is 0.306 e. The van der Waals surface area contributed by atoms with Gasteiger partial charge in [-0.1, -0.05) is 26.2 Å². The van der Waals surface area contributed by atoms with Crippen LogP contribution < -0.4 is 5.32 Å². The van der Waals surface area contributed by atoms with Crippen molar-refractivity contribution in [2.45, 2.75) is 57.7 Å². The van der Waals surface area contributed by atoms with Crippen molar-refractivity contribution in [2.75, 3.05) is 6.54 Å². The molecule has 0 aliphatic heterocycles. The summed E-state index contributed by atoms with van der Waals surface area (Å²) in [6.07, 6.45) is 8.08. The molecule has 3 unspecified atom stereocenters. The van der Waals surface area contributed by atoms with Gasteiger partial charge in [0.1, 0.15) is 12.4 Å². The van der Waals surface area contributed by atoms with Gasteiger partial charge in [0.2, 0.25) is 0 Å². The molecule has 1 saturated carbocycles. The second-order valence-corrected chi connectivity index (χ2v) is 5.88. The minimum absolute atomic E-state index is 0.0479. The third-order valence-electron chi connectivity index (χ3n) is 4.23. The fraction of sp³-hybridized carbons (Fsp3) is 0.786. The Morgan fingerprint density at radius 3 is 3.10 bits per heavy atom. The highest BCUT2D eigenvalue weighted by Gasteiger charge is 2.21. The molecule has 2 N–H and O–H groups in total. The molecular weight excluding hydrogens is 272 g/mol. The van der Waals surface area contributed by atoms with Crippen molar-refractivity contribution in [2.24, 2.45) is 5.92 Å². The van der Waals surface area contributed by atoms with Gasteiger partial charge in [0.25, 0.3) is 0 Å². The molecule has 0 radical (unpaired) electrons. The first-order chi connectivity index (χ1) is 10.1. The van der Waals surface area contributed by atoms with E-state index in [-0.39, 0.29) is 12.2 Å². The van der Waals surface area contributed by atoms with Gasteiger partial charge in [-0.3, -0.25) is 14.8 Å². The third-order valence-corrected chi connectivity index (χ3v) is 4.23. The number of nitro groups is 1. The average Bonchev–Trinajstić information content (AvgIpc) is 2.94. The quantitative estimate of drug-likeness (QED) is 0.590. The van der Waals surface area contributed by atoms with Crippen molar-refractivity contribution in [3.8, 4) is 0 Å². The van der Waals surface area contributed by atoms with Crippen LogP contribution in [0, 0.1) is 16.0 Å². The maximum Gasteiger partial charge on any atom is 0.306 e. The Balaban J connectivity index is 1.73. The highest BCUT2D eigenvalue weighted by molar-refractivity contribution is 5.20. The number of hydrogen-bond acceptors (Lipinski definition) is 5. The summed E-state index contributed by atoms with van der Waals surface area (Å²) < 4.78 is 1.42. The summed E-state index contributed by atoms with van der Waals surface area (Å²) in [4.78, 5) is 10.1. The number of nitrogens with zero attached hydrogens (tertiary/aromatic N) is 3. The van der Waals surface area contributed by atoms with Crippen LogP contribution in [0.3, 0.4) is 0 Å². The van der Waals surface area contributed by atoms with Gasteiger partial charge in [0.15, 0.2) is 0 Å². The highest BCUT2D eigenvalue weighted by atomic mass is 16.6. The van der Waals surface area contributed by atoms with Crippen molar-refractivity contribution in [1.29, 1.82) is 0 Å². The number of rotatable bonds is 7. The maximum atomic E-state index is 10.6. The zero-order chi connectivity index (χ0) is 15.2. The van der Waals surface area contributed by atoms with E-state index in [1.807, 2.05) is 0 Å². The summed E-state index contributed by atoms with van der Waals surface area (Å²) >= 11 is 0. The lowest BCUT2D eigenvalue weighted by Gasteiger charge is -2.29. The topological polar surface area (TPSA) is 93.2 Å². The first-order valence-corrected chi connectivity index (χ1v) is 7.66. The molecule has 1 fully saturated rings. The molecule has 7 heteroatoms. The standard InChI is InChI=1S/C14H24N4O3/c1-2-11-4-3-5-12(6-11)15-8-14(19)10-17-9-13(7-16-17)18(20)21/h7,9,11-12,14-15,19H,2-6,8,10H2,1H3. The zero-order valence-electron chi connectivity index (χ0n) is 12.4. The largest absolute Gasteiger partial charge is 0.390 e. The Kier molecular flexibility index (Phi) is 5.69. The van der Waals surface area contributed by atoms with E-state index < -0.39 is 11.0 Å². The van der Waals surface area contributed by atoms with Crippen LogP contribution in [0.15, 0.2) is 12.4 Å². The normalized spacial score (nSPS) is 23.9. The number of aliphatic hydroxyl groups excluding tert-OH is 1. The zero-order valence-corrected chi connectivity index (χ0v) is 12.4. The predicted octanol–water partition coefficient (Wildman–Crippen LogP) is 1.71. The molecule has 1 heterocycles. The van der Waals surface area contributed by atoms with E-state index in [9.17, 15) is 15.2 Å². The van der Waals surface area contributed by atoms with Crippen molar-refractivity contribution >= 4 is 5.69 Å². The molecular formula is C14H24N4O3. The van der Waals surface area contributed by atoms with Crippen LogP contribution in [0.5, 0.6) is 0 Å². The van der Waals surface area contributed by atoms with Crippen molar-refractivity contribution in [3.05, 3.63) is 22.5 Å². The summed E-state index contributed by atoms with van der Waals surface area (Å²) in [5, 5.41) is 27.9. The monoisotopic (exact) mass is 296 g/mol. The Bertz CT molecular complexity index is 463. The number of aliphatic hydroxyl groups is 1. The molecule has 21 heavy (non-hydrogen) atoms. The Labute approximate surface area is 124 Å². The van der Waals surface area contributed by atoms with Gasteiger partial charge in [-0.25, -0.2) is 0 Å².